The first-order chi connectivity index (χ1) is 16.0. The van der Waals surface area contributed by atoms with E-state index in [-0.39, 0.29) is 22.9 Å². The zero-order valence-electron chi connectivity index (χ0n) is 17.8. The molecule has 0 saturated carbocycles. The summed E-state index contributed by atoms with van der Waals surface area (Å²) in [6.45, 7) is 2.40. The highest BCUT2D eigenvalue weighted by Gasteiger charge is 2.35. The number of nitro groups is 1. The number of nitro benzene ring substituents is 1. The number of benzene rings is 3. The summed E-state index contributed by atoms with van der Waals surface area (Å²) in [5.74, 6) is 0.667. The Morgan fingerprint density at radius 2 is 1.82 bits per heavy atom. The normalized spacial score (nSPS) is 15.4. The number of anilines is 2. The van der Waals surface area contributed by atoms with Gasteiger partial charge in [0.15, 0.2) is 0 Å². The van der Waals surface area contributed by atoms with Gasteiger partial charge in [-0.2, -0.15) is 0 Å². The van der Waals surface area contributed by atoms with Crippen LogP contribution in [-0.4, -0.2) is 29.1 Å². The molecule has 0 radical (unpaired) electrons. The Balaban J connectivity index is 1.51. The van der Waals surface area contributed by atoms with Crippen molar-refractivity contribution in [2.24, 2.45) is 0 Å². The molecule has 9 heteroatoms. The molecule has 1 atom stereocenters. The van der Waals surface area contributed by atoms with E-state index in [2.05, 4.69) is 5.32 Å². The molecule has 0 aromatic heterocycles. The van der Waals surface area contributed by atoms with E-state index in [9.17, 15) is 19.7 Å². The SMILES string of the molecule is CCOc1ccccc1N1C(=O)CSC1c1ccc(NC(=O)c2ccc([N+](=O)[O-])cc2)cc1. The van der Waals surface area contributed by atoms with E-state index in [1.165, 1.54) is 36.0 Å². The standard InChI is InChI=1S/C24H21N3O5S/c1-2-32-21-6-4-3-5-20(21)26-22(28)15-33-24(26)17-7-11-18(12-8-17)25-23(29)16-9-13-19(14-10-16)27(30)31/h3-14,24H,2,15H2,1H3,(H,25,29). The van der Waals surface area contributed by atoms with Crippen molar-refractivity contribution >= 4 is 40.6 Å². The van der Waals surface area contributed by atoms with Crippen LogP contribution in [-0.2, 0) is 4.79 Å². The summed E-state index contributed by atoms with van der Waals surface area (Å²) >= 11 is 1.53. The number of rotatable bonds is 7. The van der Waals surface area contributed by atoms with Crippen LogP contribution in [0.15, 0.2) is 72.8 Å². The molecule has 1 aliphatic rings. The van der Waals surface area contributed by atoms with E-state index in [0.717, 1.165) is 11.3 Å². The summed E-state index contributed by atoms with van der Waals surface area (Å²) in [4.78, 5) is 37.2. The van der Waals surface area contributed by atoms with E-state index in [4.69, 9.17) is 4.74 Å². The van der Waals surface area contributed by atoms with Gasteiger partial charge in [-0.3, -0.25) is 24.6 Å². The molecule has 2 amide bonds. The fourth-order valence-corrected chi connectivity index (χ4v) is 4.70. The average molecular weight is 464 g/mol. The van der Waals surface area contributed by atoms with Gasteiger partial charge in [-0.15, -0.1) is 11.8 Å². The molecule has 4 rings (SSSR count). The Kier molecular flexibility index (Phi) is 6.60. The molecule has 0 aliphatic carbocycles. The van der Waals surface area contributed by atoms with Gasteiger partial charge in [0.1, 0.15) is 11.1 Å². The van der Waals surface area contributed by atoms with Gasteiger partial charge in [-0.05, 0) is 48.9 Å². The van der Waals surface area contributed by atoms with Crippen LogP contribution < -0.4 is 15.0 Å². The number of para-hydroxylation sites is 2. The number of carbonyl (C=O) groups excluding carboxylic acids is 2. The molecule has 1 fully saturated rings. The van der Waals surface area contributed by atoms with Gasteiger partial charge in [-0.25, -0.2) is 0 Å². The molecule has 33 heavy (non-hydrogen) atoms. The highest BCUT2D eigenvalue weighted by Crippen LogP contribution is 2.44. The molecule has 3 aromatic rings. The molecule has 1 unspecified atom stereocenters. The summed E-state index contributed by atoms with van der Waals surface area (Å²) in [6.07, 6.45) is 0. The van der Waals surface area contributed by atoms with Gasteiger partial charge in [0, 0.05) is 23.4 Å². The topological polar surface area (TPSA) is 102 Å². The van der Waals surface area contributed by atoms with Crippen molar-refractivity contribution in [3.8, 4) is 5.75 Å². The largest absolute Gasteiger partial charge is 0.492 e. The lowest BCUT2D eigenvalue weighted by atomic mass is 10.1. The maximum Gasteiger partial charge on any atom is 0.269 e. The van der Waals surface area contributed by atoms with E-state index in [1.54, 1.807) is 17.0 Å². The van der Waals surface area contributed by atoms with Crippen LogP contribution in [0.4, 0.5) is 17.1 Å². The number of ether oxygens (including phenoxy) is 1. The van der Waals surface area contributed by atoms with E-state index in [1.807, 2.05) is 43.3 Å². The van der Waals surface area contributed by atoms with E-state index >= 15 is 0 Å². The summed E-state index contributed by atoms with van der Waals surface area (Å²) in [6, 6.07) is 20.2. The predicted octanol–water partition coefficient (Wildman–Crippen LogP) is 5.02. The Hall–Kier alpha value is -3.85. The Morgan fingerprint density at radius 1 is 1.12 bits per heavy atom. The van der Waals surface area contributed by atoms with Gasteiger partial charge < -0.3 is 10.1 Å². The Morgan fingerprint density at radius 3 is 2.48 bits per heavy atom. The molecule has 3 aromatic carbocycles. The van der Waals surface area contributed by atoms with Crippen LogP contribution in [0.25, 0.3) is 0 Å². The maximum absolute atomic E-state index is 12.7. The van der Waals surface area contributed by atoms with E-state index in [0.29, 0.717) is 29.4 Å². The van der Waals surface area contributed by atoms with Crippen LogP contribution >= 0.6 is 11.8 Å². The molecule has 0 spiro atoms. The highest BCUT2D eigenvalue weighted by molar-refractivity contribution is 8.00. The summed E-state index contributed by atoms with van der Waals surface area (Å²) < 4.78 is 5.72. The lowest BCUT2D eigenvalue weighted by Crippen LogP contribution is -2.28. The minimum absolute atomic E-state index is 0.00713. The smallest absolute Gasteiger partial charge is 0.269 e. The fraction of sp³-hybridized carbons (Fsp3) is 0.167. The second-order valence-corrected chi connectivity index (χ2v) is 8.28. The van der Waals surface area contributed by atoms with Crippen molar-refractivity contribution in [3.05, 3.63) is 94.0 Å². The first kappa shape index (κ1) is 22.3. The number of nitrogens with zero attached hydrogens (tertiary/aromatic N) is 2. The van der Waals surface area contributed by atoms with Gasteiger partial charge >= 0.3 is 0 Å². The molecule has 8 nitrogen and oxygen atoms in total. The zero-order valence-corrected chi connectivity index (χ0v) is 18.6. The van der Waals surface area contributed by atoms with Crippen LogP contribution in [0.5, 0.6) is 5.75 Å². The van der Waals surface area contributed by atoms with Crippen molar-refractivity contribution in [2.75, 3.05) is 22.6 Å². The summed E-state index contributed by atoms with van der Waals surface area (Å²) in [7, 11) is 0. The number of hydrogen-bond donors (Lipinski definition) is 1. The van der Waals surface area contributed by atoms with Crippen molar-refractivity contribution in [1.29, 1.82) is 0 Å². The lowest BCUT2D eigenvalue weighted by molar-refractivity contribution is -0.384. The molecule has 168 valence electrons. The number of hydrogen-bond acceptors (Lipinski definition) is 6. The molecule has 0 bridgehead atoms. The number of non-ortho nitro benzene ring substituents is 1. The molecule has 1 saturated heterocycles. The second kappa shape index (κ2) is 9.74. The molecular formula is C24H21N3O5S. The number of carbonyl (C=O) groups is 2. The van der Waals surface area contributed by atoms with Gasteiger partial charge in [-0.1, -0.05) is 24.3 Å². The van der Waals surface area contributed by atoms with Gasteiger partial charge in [0.05, 0.1) is 23.0 Å². The average Bonchev–Trinajstić information content (AvgIpc) is 3.21. The fourth-order valence-electron chi connectivity index (χ4n) is 3.53. The quantitative estimate of drug-likeness (QED) is 0.390. The molecule has 1 heterocycles. The number of nitrogens with one attached hydrogen (secondary N) is 1. The Bertz CT molecular complexity index is 1180. The number of thioether (sulfide) groups is 1. The third-order valence-electron chi connectivity index (χ3n) is 5.09. The van der Waals surface area contributed by atoms with Crippen LogP contribution in [0.1, 0.15) is 28.2 Å². The van der Waals surface area contributed by atoms with Crippen LogP contribution in [0.3, 0.4) is 0 Å². The number of amides is 2. The van der Waals surface area contributed by atoms with Gasteiger partial charge in [0.25, 0.3) is 11.6 Å². The predicted molar refractivity (Wildman–Crippen MR) is 128 cm³/mol. The lowest BCUT2D eigenvalue weighted by Gasteiger charge is -2.26. The van der Waals surface area contributed by atoms with Crippen LogP contribution in [0.2, 0.25) is 0 Å². The van der Waals surface area contributed by atoms with Crippen molar-refractivity contribution in [3.63, 3.8) is 0 Å². The van der Waals surface area contributed by atoms with Crippen molar-refractivity contribution < 1.29 is 19.2 Å². The minimum Gasteiger partial charge on any atom is -0.492 e. The van der Waals surface area contributed by atoms with E-state index < -0.39 is 4.92 Å². The Labute approximate surface area is 194 Å². The zero-order chi connectivity index (χ0) is 23.4. The second-order valence-electron chi connectivity index (χ2n) is 7.21. The molecular weight excluding hydrogens is 442 g/mol. The third kappa shape index (κ3) is 4.83. The monoisotopic (exact) mass is 463 g/mol. The summed E-state index contributed by atoms with van der Waals surface area (Å²) in [5, 5.41) is 13.3. The molecule has 1 N–H and O–H groups in total. The third-order valence-corrected chi connectivity index (χ3v) is 6.30. The molecule has 1 aliphatic heterocycles. The minimum atomic E-state index is -0.512. The maximum atomic E-state index is 12.7. The van der Waals surface area contributed by atoms with Crippen LogP contribution in [0, 0.1) is 10.1 Å². The van der Waals surface area contributed by atoms with Gasteiger partial charge in [0.2, 0.25) is 5.91 Å². The van der Waals surface area contributed by atoms with Crippen molar-refractivity contribution in [1.82, 2.24) is 0 Å². The summed E-state index contributed by atoms with van der Waals surface area (Å²) in [5.41, 5.74) is 2.48. The van der Waals surface area contributed by atoms with Crippen molar-refractivity contribution in [2.45, 2.75) is 12.3 Å². The first-order valence-electron chi connectivity index (χ1n) is 10.3. The highest BCUT2D eigenvalue weighted by atomic mass is 32.2. The first-order valence-corrected chi connectivity index (χ1v) is 11.3.